The molecule has 0 aliphatic carbocycles. The summed E-state index contributed by atoms with van der Waals surface area (Å²) >= 11 is 0. The van der Waals surface area contributed by atoms with Crippen LogP contribution in [0.4, 0.5) is 5.69 Å². The van der Waals surface area contributed by atoms with E-state index in [4.69, 9.17) is 0 Å². The van der Waals surface area contributed by atoms with Gasteiger partial charge >= 0.3 is 0 Å². The summed E-state index contributed by atoms with van der Waals surface area (Å²) in [6.45, 7) is 7.64. The first-order valence-electron chi connectivity index (χ1n) is 6.52. The van der Waals surface area contributed by atoms with E-state index in [0.717, 1.165) is 21.7 Å². The summed E-state index contributed by atoms with van der Waals surface area (Å²) in [6.07, 6.45) is 1.11. The predicted molar refractivity (Wildman–Crippen MR) is 81.4 cm³/mol. The second-order valence-electron chi connectivity index (χ2n) is 4.98. The molecule has 0 spiro atoms. The van der Waals surface area contributed by atoms with Crippen LogP contribution < -0.4 is 9.62 Å². The lowest BCUT2D eigenvalue weighted by Crippen LogP contribution is -2.47. The van der Waals surface area contributed by atoms with Crippen molar-refractivity contribution in [1.29, 1.82) is 0 Å². The smallest absolute Gasteiger partial charge is 0.243 e. The minimum atomic E-state index is -3.54. The molecule has 1 atom stereocenters. The molecule has 1 amide bonds. The van der Waals surface area contributed by atoms with Crippen molar-refractivity contribution < 1.29 is 13.2 Å². The van der Waals surface area contributed by atoms with E-state index in [1.807, 2.05) is 19.9 Å². The van der Waals surface area contributed by atoms with Gasteiger partial charge in [0.05, 0.1) is 11.9 Å². The zero-order valence-corrected chi connectivity index (χ0v) is 13.4. The Balaban J connectivity index is 3.30. The number of anilines is 1. The highest BCUT2D eigenvalue weighted by Gasteiger charge is 2.28. The number of carbonyl (C=O) groups is 1. The number of nitrogens with one attached hydrogen (secondary N) is 1. The number of hydrogen-bond donors (Lipinski definition) is 1. The first-order chi connectivity index (χ1) is 9.16. The third-order valence-corrected chi connectivity index (χ3v) is 4.14. The molecule has 0 saturated carbocycles. The van der Waals surface area contributed by atoms with Crippen LogP contribution in [0.5, 0.6) is 0 Å². The van der Waals surface area contributed by atoms with Crippen LogP contribution in [0.2, 0.25) is 0 Å². The fourth-order valence-electron chi connectivity index (χ4n) is 2.21. The molecule has 1 unspecified atom stereocenters. The summed E-state index contributed by atoms with van der Waals surface area (Å²) < 4.78 is 25.3. The van der Waals surface area contributed by atoms with Crippen LogP contribution >= 0.6 is 0 Å². The Morgan fingerprint density at radius 2 is 1.75 bits per heavy atom. The molecular formula is C14H22N2O3S. The Labute approximate surface area is 121 Å². The number of hydrogen-bond acceptors (Lipinski definition) is 3. The van der Waals surface area contributed by atoms with Crippen LogP contribution in [-0.2, 0) is 14.8 Å². The van der Waals surface area contributed by atoms with Gasteiger partial charge in [0, 0.05) is 6.54 Å². The van der Waals surface area contributed by atoms with E-state index in [2.05, 4.69) is 5.32 Å². The molecule has 0 fully saturated rings. The van der Waals surface area contributed by atoms with Gasteiger partial charge in [0.15, 0.2) is 0 Å². The molecule has 112 valence electrons. The average Bonchev–Trinajstić information content (AvgIpc) is 2.25. The van der Waals surface area contributed by atoms with Crippen molar-refractivity contribution in [1.82, 2.24) is 5.32 Å². The molecule has 0 heterocycles. The van der Waals surface area contributed by atoms with Gasteiger partial charge in [-0.05, 0) is 51.0 Å². The molecule has 1 rings (SSSR count). The number of sulfonamides is 1. The van der Waals surface area contributed by atoms with Gasteiger partial charge in [0.1, 0.15) is 6.04 Å². The van der Waals surface area contributed by atoms with E-state index in [1.54, 1.807) is 26.0 Å². The molecule has 0 radical (unpaired) electrons. The van der Waals surface area contributed by atoms with E-state index < -0.39 is 16.1 Å². The minimum absolute atomic E-state index is 0.308. The maximum atomic E-state index is 12.1. The zero-order chi connectivity index (χ0) is 15.5. The second kappa shape index (κ2) is 6.26. The average molecular weight is 298 g/mol. The molecular weight excluding hydrogens is 276 g/mol. The maximum Gasteiger partial charge on any atom is 0.243 e. The monoisotopic (exact) mass is 298 g/mol. The van der Waals surface area contributed by atoms with Crippen molar-refractivity contribution in [2.75, 3.05) is 17.1 Å². The molecule has 1 N–H and O–H groups in total. The van der Waals surface area contributed by atoms with Crippen molar-refractivity contribution in [3.63, 3.8) is 0 Å². The summed E-state index contributed by atoms with van der Waals surface area (Å²) in [4.78, 5) is 12.0. The van der Waals surface area contributed by atoms with Gasteiger partial charge in [-0.2, -0.15) is 0 Å². The maximum absolute atomic E-state index is 12.1. The summed E-state index contributed by atoms with van der Waals surface area (Å²) in [5.41, 5.74) is 2.43. The van der Waals surface area contributed by atoms with Gasteiger partial charge in [0.2, 0.25) is 15.9 Å². The molecule has 0 saturated heterocycles. The highest BCUT2D eigenvalue weighted by atomic mass is 32.2. The lowest BCUT2D eigenvalue weighted by molar-refractivity contribution is -0.121. The van der Waals surface area contributed by atoms with Gasteiger partial charge in [-0.1, -0.05) is 6.07 Å². The van der Waals surface area contributed by atoms with Crippen molar-refractivity contribution in [3.05, 3.63) is 29.3 Å². The summed E-state index contributed by atoms with van der Waals surface area (Å²) in [7, 11) is -3.54. The summed E-state index contributed by atoms with van der Waals surface area (Å²) in [5, 5.41) is 2.65. The van der Waals surface area contributed by atoms with Crippen molar-refractivity contribution >= 4 is 21.6 Å². The second-order valence-corrected chi connectivity index (χ2v) is 6.83. The van der Waals surface area contributed by atoms with Crippen molar-refractivity contribution in [2.24, 2.45) is 0 Å². The fraction of sp³-hybridized carbons (Fsp3) is 0.500. The van der Waals surface area contributed by atoms with Crippen LogP contribution in [0.15, 0.2) is 18.2 Å². The number of aryl methyl sites for hydroxylation is 2. The van der Waals surface area contributed by atoms with Gasteiger partial charge < -0.3 is 5.32 Å². The van der Waals surface area contributed by atoms with Crippen LogP contribution in [-0.4, -0.2) is 33.2 Å². The Morgan fingerprint density at radius 1 is 1.25 bits per heavy atom. The molecule has 0 aromatic heterocycles. The summed E-state index contributed by atoms with van der Waals surface area (Å²) in [6, 6.07) is 4.71. The number of likely N-dealkylation sites (N-methyl/N-ethyl adjacent to an activating group) is 1. The highest BCUT2D eigenvalue weighted by molar-refractivity contribution is 7.92. The fourth-order valence-corrected chi connectivity index (χ4v) is 3.37. The predicted octanol–water partition coefficient (Wildman–Crippen LogP) is 1.59. The normalized spacial score (nSPS) is 12.8. The lowest BCUT2D eigenvalue weighted by Gasteiger charge is -2.28. The van der Waals surface area contributed by atoms with Crippen LogP contribution in [0.3, 0.4) is 0 Å². The third kappa shape index (κ3) is 3.96. The molecule has 1 aromatic rings. The number of carbonyl (C=O) groups excluding carboxylic acids is 1. The molecule has 0 bridgehead atoms. The molecule has 20 heavy (non-hydrogen) atoms. The number of rotatable bonds is 5. The van der Waals surface area contributed by atoms with Crippen molar-refractivity contribution in [3.8, 4) is 0 Å². The highest BCUT2D eigenvalue weighted by Crippen LogP contribution is 2.23. The van der Waals surface area contributed by atoms with E-state index in [-0.39, 0.29) is 5.91 Å². The minimum Gasteiger partial charge on any atom is -0.355 e. The largest absolute Gasteiger partial charge is 0.355 e. The number of benzene rings is 1. The van der Waals surface area contributed by atoms with Crippen LogP contribution in [0.1, 0.15) is 25.0 Å². The van der Waals surface area contributed by atoms with Crippen molar-refractivity contribution in [2.45, 2.75) is 33.7 Å². The molecule has 1 aromatic carbocycles. The lowest BCUT2D eigenvalue weighted by atomic mass is 10.1. The molecule has 6 heteroatoms. The van der Waals surface area contributed by atoms with Crippen LogP contribution in [0.25, 0.3) is 0 Å². The summed E-state index contributed by atoms with van der Waals surface area (Å²) in [5.74, 6) is -0.308. The number of nitrogens with zero attached hydrogens (tertiary/aromatic N) is 1. The van der Waals surface area contributed by atoms with Gasteiger partial charge in [0.25, 0.3) is 0 Å². The van der Waals surface area contributed by atoms with E-state index in [1.165, 1.54) is 0 Å². The third-order valence-electron chi connectivity index (χ3n) is 2.90. The Kier molecular flexibility index (Phi) is 5.16. The Morgan fingerprint density at radius 3 is 2.15 bits per heavy atom. The van der Waals surface area contributed by atoms with Crippen LogP contribution in [0, 0.1) is 13.8 Å². The quantitative estimate of drug-likeness (QED) is 0.898. The SMILES string of the molecule is CCNC(=O)C(C)N(c1cc(C)cc(C)c1)S(C)(=O)=O. The topological polar surface area (TPSA) is 66.5 Å². The van der Waals surface area contributed by atoms with Gasteiger partial charge in [-0.25, -0.2) is 8.42 Å². The first kappa shape index (κ1) is 16.5. The van der Waals surface area contributed by atoms with E-state index in [9.17, 15) is 13.2 Å². The Hall–Kier alpha value is -1.56. The van der Waals surface area contributed by atoms with E-state index in [0.29, 0.717) is 12.2 Å². The van der Waals surface area contributed by atoms with Gasteiger partial charge in [-0.3, -0.25) is 9.10 Å². The first-order valence-corrected chi connectivity index (χ1v) is 8.37. The zero-order valence-electron chi connectivity index (χ0n) is 12.6. The Bertz CT molecular complexity index is 576. The standard InChI is InChI=1S/C14H22N2O3S/c1-6-15-14(17)12(4)16(20(5,18)19)13-8-10(2)7-11(3)9-13/h7-9,12H,6H2,1-5H3,(H,15,17). The molecule has 0 aliphatic heterocycles. The molecule has 5 nitrogen and oxygen atoms in total. The van der Waals surface area contributed by atoms with Gasteiger partial charge in [-0.15, -0.1) is 0 Å². The number of amides is 1. The molecule has 0 aliphatic rings. The van der Waals surface area contributed by atoms with E-state index >= 15 is 0 Å².